The first-order chi connectivity index (χ1) is 9.76. The van der Waals surface area contributed by atoms with Crippen molar-refractivity contribution in [3.63, 3.8) is 0 Å². The van der Waals surface area contributed by atoms with Gasteiger partial charge in [0, 0.05) is 18.3 Å². The molecule has 0 aliphatic rings. The average Bonchev–Trinajstić information content (AvgIpc) is 2.34. The van der Waals surface area contributed by atoms with Gasteiger partial charge < -0.3 is 19.9 Å². The molecule has 0 amide bonds. The number of likely N-dealkylation sites (N-methyl/N-ethyl adjacent to an activating group) is 1. The Balaban J connectivity index is 3.22. The fraction of sp³-hybridized carbons (Fsp3) is 0.462. The second-order valence-electron chi connectivity index (χ2n) is 4.75. The molecule has 0 spiro atoms. The van der Waals surface area contributed by atoms with Crippen LogP contribution in [0.25, 0.3) is 0 Å². The number of aliphatic carboxylic acids is 2. The summed E-state index contributed by atoms with van der Waals surface area (Å²) in [7, 11) is 1.54. The van der Waals surface area contributed by atoms with Gasteiger partial charge >= 0.3 is 11.9 Å². The predicted molar refractivity (Wildman–Crippen MR) is 73.3 cm³/mol. The normalized spacial score (nSPS) is 12.3. The lowest BCUT2D eigenvalue weighted by atomic mass is 10.2. The van der Waals surface area contributed by atoms with Crippen molar-refractivity contribution in [1.82, 2.24) is 9.47 Å². The number of nitrogens with zero attached hydrogens (tertiary/aromatic N) is 2. The molecule has 0 aliphatic carbocycles. The number of carboxylic acid groups (broad SMARTS) is 2. The standard InChI is InChI=1S/C13H18N2O6/c1-3-9(13(20)21)15-6-11(17)10(16)4-8(15)5-14(2)7-12(18)19/h4,6,9,17H,3,5,7H2,1-2H3,(H,18,19)(H,20,21). The monoisotopic (exact) mass is 298 g/mol. The Kier molecular flexibility index (Phi) is 5.48. The van der Waals surface area contributed by atoms with Crippen LogP contribution in [0.1, 0.15) is 25.1 Å². The van der Waals surface area contributed by atoms with Crippen LogP contribution in [0.15, 0.2) is 17.1 Å². The van der Waals surface area contributed by atoms with Crippen LogP contribution in [-0.2, 0) is 16.1 Å². The number of aromatic hydroxyl groups is 1. The van der Waals surface area contributed by atoms with Crippen LogP contribution < -0.4 is 5.43 Å². The predicted octanol–water partition coefficient (Wildman–Crippen LogP) is 0.106. The van der Waals surface area contributed by atoms with E-state index in [4.69, 9.17) is 5.11 Å². The van der Waals surface area contributed by atoms with Crippen molar-refractivity contribution >= 4 is 11.9 Å². The van der Waals surface area contributed by atoms with Crippen LogP contribution in [0, 0.1) is 0 Å². The minimum Gasteiger partial charge on any atom is -0.503 e. The molecule has 116 valence electrons. The third kappa shape index (κ3) is 4.32. The molecule has 0 saturated heterocycles. The maximum absolute atomic E-state index is 11.5. The van der Waals surface area contributed by atoms with Gasteiger partial charge in [0.15, 0.2) is 5.75 Å². The highest BCUT2D eigenvalue weighted by atomic mass is 16.4. The number of hydrogen-bond acceptors (Lipinski definition) is 5. The Labute approximate surface area is 120 Å². The Bertz CT molecular complexity index is 595. The van der Waals surface area contributed by atoms with Gasteiger partial charge in [-0.15, -0.1) is 0 Å². The van der Waals surface area contributed by atoms with Gasteiger partial charge in [-0.1, -0.05) is 6.92 Å². The summed E-state index contributed by atoms with van der Waals surface area (Å²) in [6, 6.07) is 0.184. The van der Waals surface area contributed by atoms with Gasteiger partial charge in [-0.2, -0.15) is 0 Å². The van der Waals surface area contributed by atoms with E-state index in [-0.39, 0.29) is 19.5 Å². The van der Waals surface area contributed by atoms with E-state index in [1.165, 1.54) is 16.5 Å². The Morgan fingerprint density at radius 1 is 1.38 bits per heavy atom. The lowest BCUT2D eigenvalue weighted by Gasteiger charge is -2.22. The molecule has 3 N–H and O–H groups in total. The van der Waals surface area contributed by atoms with E-state index < -0.39 is 29.2 Å². The number of rotatable bonds is 7. The molecule has 0 fully saturated rings. The van der Waals surface area contributed by atoms with Gasteiger partial charge in [0.1, 0.15) is 6.04 Å². The molecule has 21 heavy (non-hydrogen) atoms. The summed E-state index contributed by atoms with van der Waals surface area (Å²) < 4.78 is 1.29. The third-order valence-electron chi connectivity index (χ3n) is 2.99. The van der Waals surface area contributed by atoms with Crippen molar-refractivity contribution in [2.24, 2.45) is 0 Å². The highest BCUT2D eigenvalue weighted by molar-refractivity contribution is 5.72. The largest absolute Gasteiger partial charge is 0.503 e. The first kappa shape index (κ1) is 16.7. The smallest absolute Gasteiger partial charge is 0.326 e. The van der Waals surface area contributed by atoms with Crippen molar-refractivity contribution in [2.45, 2.75) is 25.9 Å². The molecule has 1 unspecified atom stereocenters. The van der Waals surface area contributed by atoms with E-state index in [1.54, 1.807) is 6.92 Å². The number of carbonyl (C=O) groups is 2. The van der Waals surface area contributed by atoms with Crippen molar-refractivity contribution < 1.29 is 24.9 Å². The Morgan fingerprint density at radius 3 is 2.48 bits per heavy atom. The van der Waals surface area contributed by atoms with Crippen molar-refractivity contribution in [2.75, 3.05) is 13.6 Å². The summed E-state index contributed by atoms with van der Waals surface area (Å²) in [6.07, 6.45) is 1.34. The van der Waals surface area contributed by atoms with E-state index in [2.05, 4.69) is 0 Å². The van der Waals surface area contributed by atoms with Gasteiger partial charge in [-0.05, 0) is 13.5 Å². The first-order valence-corrected chi connectivity index (χ1v) is 6.33. The van der Waals surface area contributed by atoms with Gasteiger partial charge in [-0.25, -0.2) is 4.79 Å². The number of hydrogen-bond donors (Lipinski definition) is 3. The molecular weight excluding hydrogens is 280 g/mol. The van der Waals surface area contributed by atoms with Gasteiger partial charge in [-0.3, -0.25) is 14.5 Å². The summed E-state index contributed by atoms with van der Waals surface area (Å²) in [5.74, 6) is -2.67. The zero-order valence-electron chi connectivity index (χ0n) is 11.8. The quantitative estimate of drug-likeness (QED) is 0.653. The number of aromatic nitrogens is 1. The van der Waals surface area contributed by atoms with Crippen LogP contribution in [0.2, 0.25) is 0 Å². The zero-order valence-corrected chi connectivity index (χ0v) is 11.8. The molecule has 8 nitrogen and oxygen atoms in total. The minimum absolute atomic E-state index is 0.0750. The van der Waals surface area contributed by atoms with Crippen molar-refractivity contribution in [3.8, 4) is 5.75 Å². The molecular formula is C13H18N2O6. The molecule has 1 aromatic rings. The molecule has 8 heteroatoms. The molecule has 1 rings (SSSR count). The Morgan fingerprint density at radius 2 is 2.00 bits per heavy atom. The van der Waals surface area contributed by atoms with Crippen LogP contribution in [0.5, 0.6) is 5.75 Å². The highest BCUT2D eigenvalue weighted by Gasteiger charge is 2.21. The summed E-state index contributed by atoms with van der Waals surface area (Å²) in [4.78, 5) is 34.9. The molecule has 1 aromatic heterocycles. The third-order valence-corrected chi connectivity index (χ3v) is 2.99. The second kappa shape index (κ2) is 6.89. The van der Waals surface area contributed by atoms with E-state index in [0.29, 0.717) is 5.69 Å². The molecule has 0 bridgehead atoms. The Hall–Kier alpha value is -2.35. The summed E-state index contributed by atoms with van der Waals surface area (Å²) in [5, 5.41) is 27.4. The zero-order chi connectivity index (χ0) is 16.2. The van der Waals surface area contributed by atoms with Crippen LogP contribution >= 0.6 is 0 Å². The summed E-state index contributed by atoms with van der Waals surface area (Å²) in [6.45, 7) is 1.49. The summed E-state index contributed by atoms with van der Waals surface area (Å²) >= 11 is 0. The molecule has 0 aliphatic heterocycles. The lowest BCUT2D eigenvalue weighted by Crippen LogP contribution is -2.30. The van der Waals surface area contributed by atoms with E-state index in [1.807, 2.05) is 0 Å². The molecule has 0 aromatic carbocycles. The molecule has 1 atom stereocenters. The van der Waals surface area contributed by atoms with Crippen LogP contribution in [-0.4, -0.2) is 50.3 Å². The topological polar surface area (TPSA) is 120 Å². The molecule has 0 radical (unpaired) electrons. The lowest BCUT2D eigenvalue weighted by molar-refractivity contribution is -0.141. The van der Waals surface area contributed by atoms with Gasteiger partial charge in [0.2, 0.25) is 5.43 Å². The van der Waals surface area contributed by atoms with E-state index >= 15 is 0 Å². The van der Waals surface area contributed by atoms with Gasteiger partial charge in [0.25, 0.3) is 0 Å². The SMILES string of the molecule is CCC(C(=O)O)n1cc(O)c(=O)cc1CN(C)CC(=O)O. The fourth-order valence-corrected chi connectivity index (χ4v) is 2.05. The minimum atomic E-state index is -1.09. The first-order valence-electron chi connectivity index (χ1n) is 6.33. The van der Waals surface area contributed by atoms with Gasteiger partial charge in [0.05, 0.1) is 12.7 Å². The molecule has 1 heterocycles. The van der Waals surface area contributed by atoms with Crippen LogP contribution in [0.4, 0.5) is 0 Å². The van der Waals surface area contributed by atoms with E-state index in [0.717, 1.165) is 12.3 Å². The fourth-order valence-electron chi connectivity index (χ4n) is 2.05. The number of carboxylic acids is 2. The highest BCUT2D eigenvalue weighted by Crippen LogP contribution is 2.18. The second-order valence-corrected chi connectivity index (χ2v) is 4.75. The van der Waals surface area contributed by atoms with Crippen molar-refractivity contribution in [3.05, 3.63) is 28.2 Å². The van der Waals surface area contributed by atoms with Crippen molar-refractivity contribution in [1.29, 1.82) is 0 Å². The maximum atomic E-state index is 11.5. The maximum Gasteiger partial charge on any atom is 0.326 e. The number of pyridine rings is 1. The molecule has 0 saturated carbocycles. The van der Waals surface area contributed by atoms with E-state index in [9.17, 15) is 24.6 Å². The summed E-state index contributed by atoms with van der Waals surface area (Å²) in [5.41, 5.74) is -0.305. The average molecular weight is 298 g/mol. The van der Waals surface area contributed by atoms with Crippen LogP contribution in [0.3, 0.4) is 0 Å².